The number of amides is 1. The first kappa shape index (κ1) is 17.9. The molecule has 0 saturated heterocycles. The van der Waals surface area contributed by atoms with Crippen LogP contribution in [-0.4, -0.2) is 49.7 Å². The largest absolute Gasteiger partial charge is 0.454 e. The number of ether oxygens (including phenoxy) is 4. The van der Waals surface area contributed by atoms with Crippen molar-refractivity contribution in [2.24, 2.45) is 5.73 Å². The van der Waals surface area contributed by atoms with Gasteiger partial charge in [0.05, 0.1) is 6.54 Å². The molecular formula is C16H22N2O6. The number of likely N-dealkylation sites (N-methyl/N-ethyl adjacent to an activating group) is 1. The first-order valence-corrected chi connectivity index (χ1v) is 7.62. The molecule has 0 radical (unpaired) electrons. The molecule has 0 spiro atoms. The van der Waals surface area contributed by atoms with E-state index in [4.69, 9.17) is 24.7 Å². The van der Waals surface area contributed by atoms with E-state index in [1.165, 1.54) is 11.8 Å². The fourth-order valence-electron chi connectivity index (χ4n) is 2.21. The Morgan fingerprint density at radius 2 is 1.96 bits per heavy atom. The zero-order valence-corrected chi connectivity index (χ0v) is 14.0. The highest BCUT2D eigenvalue weighted by Gasteiger charge is 2.22. The highest BCUT2D eigenvalue weighted by atomic mass is 16.7. The highest BCUT2D eigenvalue weighted by molar-refractivity contribution is 5.72. The van der Waals surface area contributed by atoms with Crippen LogP contribution < -0.4 is 15.2 Å². The van der Waals surface area contributed by atoms with Gasteiger partial charge in [-0.1, -0.05) is 6.07 Å². The third kappa shape index (κ3) is 4.51. The molecule has 2 rings (SSSR count). The van der Waals surface area contributed by atoms with Gasteiger partial charge in [-0.05, 0) is 31.0 Å². The van der Waals surface area contributed by atoms with Gasteiger partial charge in [0, 0.05) is 20.0 Å². The van der Waals surface area contributed by atoms with E-state index in [-0.39, 0.29) is 19.4 Å². The van der Waals surface area contributed by atoms with Crippen LogP contribution in [0.1, 0.15) is 19.4 Å². The quantitative estimate of drug-likeness (QED) is 0.615. The zero-order chi connectivity index (χ0) is 17.7. The van der Waals surface area contributed by atoms with Crippen LogP contribution in [0.3, 0.4) is 0 Å². The maximum absolute atomic E-state index is 12.1. The Balaban J connectivity index is 1.88. The van der Waals surface area contributed by atoms with Crippen molar-refractivity contribution in [3.8, 4) is 11.5 Å². The summed E-state index contributed by atoms with van der Waals surface area (Å²) in [6.07, 6.45) is -0.964. The van der Waals surface area contributed by atoms with E-state index in [1.54, 1.807) is 7.05 Å². The molecule has 132 valence electrons. The van der Waals surface area contributed by atoms with Crippen molar-refractivity contribution < 1.29 is 28.5 Å². The number of nitrogens with zero attached hydrogens (tertiary/aromatic N) is 1. The number of hydrogen-bond acceptors (Lipinski definition) is 7. The van der Waals surface area contributed by atoms with Gasteiger partial charge in [-0.25, -0.2) is 4.79 Å². The second-order valence-corrected chi connectivity index (χ2v) is 5.50. The number of nitrogens with two attached hydrogens (primary N) is 1. The van der Waals surface area contributed by atoms with Crippen molar-refractivity contribution >= 4 is 12.1 Å². The predicted molar refractivity (Wildman–Crippen MR) is 84.6 cm³/mol. The smallest absolute Gasteiger partial charge is 0.412 e. The summed E-state index contributed by atoms with van der Waals surface area (Å²) in [4.78, 5) is 24.6. The van der Waals surface area contributed by atoms with Crippen LogP contribution in [-0.2, 0) is 20.7 Å². The van der Waals surface area contributed by atoms with Crippen LogP contribution in [0.4, 0.5) is 4.79 Å². The Labute approximate surface area is 140 Å². The van der Waals surface area contributed by atoms with Gasteiger partial charge in [0.15, 0.2) is 11.5 Å². The van der Waals surface area contributed by atoms with E-state index >= 15 is 0 Å². The van der Waals surface area contributed by atoms with Crippen molar-refractivity contribution in [2.45, 2.75) is 32.6 Å². The van der Waals surface area contributed by atoms with Gasteiger partial charge >= 0.3 is 12.1 Å². The first-order chi connectivity index (χ1) is 11.4. The predicted octanol–water partition coefficient (Wildman–Crippen LogP) is 1.26. The summed E-state index contributed by atoms with van der Waals surface area (Å²) in [6, 6.07) is 5.53. The SMILES string of the molecule is CC(OC(=O)CN)OC(=O)N(C)C(C)Cc1ccc2c(c1)OCO2. The molecule has 2 atom stereocenters. The summed E-state index contributed by atoms with van der Waals surface area (Å²) in [7, 11) is 1.62. The number of rotatable bonds is 6. The van der Waals surface area contributed by atoms with E-state index < -0.39 is 18.4 Å². The molecule has 1 aromatic carbocycles. The molecule has 1 amide bonds. The van der Waals surface area contributed by atoms with Crippen LogP contribution in [0.15, 0.2) is 18.2 Å². The molecule has 1 aliphatic rings. The molecule has 1 heterocycles. The molecule has 0 aromatic heterocycles. The van der Waals surface area contributed by atoms with E-state index in [2.05, 4.69) is 0 Å². The third-order valence-corrected chi connectivity index (χ3v) is 3.65. The molecule has 0 bridgehead atoms. The summed E-state index contributed by atoms with van der Waals surface area (Å²) in [6.45, 7) is 3.31. The van der Waals surface area contributed by atoms with Crippen LogP contribution in [0.25, 0.3) is 0 Å². The Kier molecular flexibility index (Phi) is 5.86. The number of hydrogen-bond donors (Lipinski definition) is 1. The minimum Gasteiger partial charge on any atom is -0.454 e. The second kappa shape index (κ2) is 7.87. The molecule has 1 aromatic rings. The minimum atomic E-state index is -0.992. The van der Waals surface area contributed by atoms with Gasteiger partial charge in [-0.3, -0.25) is 4.79 Å². The molecule has 2 N–H and O–H groups in total. The molecule has 0 saturated carbocycles. The van der Waals surface area contributed by atoms with Gasteiger partial charge in [0.1, 0.15) is 0 Å². The third-order valence-electron chi connectivity index (χ3n) is 3.65. The van der Waals surface area contributed by atoms with Crippen LogP contribution >= 0.6 is 0 Å². The van der Waals surface area contributed by atoms with Gasteiger partial charge < -0.3 is 29.6 Å². The summed E-state index contributed by atoms with van der Waals surface area (Å²) in [5.74, 6) is 0.785. The summed E-state index contributed by atoms with van der Waals surface area (Å²) in [5.41, 5.74) is 6.15. The fraction of sp³-hybridized carbons (Fsp3) is 0.500. The van der Waals surface area contributed by atoms with E-state index in [9.17, 15) is 9.59 Å². The summed E-state index contributed by atoms with van der Waals surface area (Å²) in [5, 5.41) is 0. The lowest BCUT2D eigenvalue weighted by Crippen LogP contribution is -2.39. The Morgan fingerprint density at radius 1 is 1.25 bits per heavy atom. The average Bonchev–Trinajstić information content (AvgIpc) is 3.01. The monoisotopic (exact) mass is 338 g/mol. The normalized spacial score (nSPS) is 14.7. The lowest BCUT2D eigenvalue weighted by molar-refractivity contribution is -0.164. The number of esters is 1. The maximum atomic E-state index is 12.1. The lowest BCUT2D eigenvalue weighted by atomic mass is 10.1. The average molecular weight is 338 g/mol. The maximum Gasteiger partial charge on any atom is 0.412 e. The van der Waals surface area contributed by atoms with Crippen LogP contribution in [0.2, 0.25) is 0 Å². The standard InChI is InChI=1S/C16H22N2O6/c1-10(6-12-4-5-13-14(7-12)22-9-21-13)18(3)16(20)24-11(2)23-15(19)8-17/h4-5,7,10-11H,6,8-9,17H2,1-3H3. The molecule has 1 aliphatic heterocycles. The molecule has 0 fully saturated rings. The lowest BCUT2D eigenvalue weighted by Gasteiger charge is -2.26. The second-order valence-electron chi connectivity index (χ2n) is 5.50. The Hall–Kier alpha value is -2.48. The number of fused-ring (bicyclic) bond motifs is 1. The van der Waals surface area contributed by atoms with Crippen molar-refractivity contribution in [2.75, 3.05) is 20.4 Å². The first-order valence-electron chi connectivity index (χ1n) is 7.62. The highest BCUT2D eigenvalue weighted by Crippen LogP contribution is 2.32. The van der Waals surface area contributed by atoms with Crippen molar-refractivity contribution in [3.05, 3.63) is 23.8 Å². The van der Waals surface area contributed by atoms with Gasteiger partial charge in [0.25, 0.3) is 0 Å². The summed E-state index contributed by atoms with van der Waals surface area (Å²) < 4.78 is 20.5. The Bertz CT molecular complexity index is 606. The van der Waals surface area contributed by atoms with Gasteiger partial charge in [0.2, 0.25) is 13.1 Å². The Morgan fingerprint density at radius 3 is 2.67 bits per heavy atom. The van der Waals surface area contributed by atoms with E-state index in [0.29, 0.717) is 12.2 Å². The molecule has 2 unspecified atom stereocenters. The van der Waals surface area contributed by atoms with E-state index in [1.807, 2.05) is 25.1 Å². The molecule has 8 nitrogen and oxygen atoms in total. The number of carbonyl (C=O) groups excluding carboxylic acids is 2. The minimum absolute atomic E-state index is 0.129. The molecule has 0 aliphatic carbocycles. The van der Waals surface area contributed by atoms with Crippen molar-refractivity contribution in [1.82, 2.24) is 4.90 Å². The van der Waals surface area contributed by atoms with Gasteiger partial charge in [-0.2, -0.15) is 0 Å². The fourth-order valence-corrected chi connectivity index (χ4v) is 2.21. The molecule has 24 heavy (non-hydrogen) atoms. The van der Waals surface area contributed by atoms with E-state index in [0.717, 1.165) is 11.3 Å². The zero-order valence-electron chi connectivity index (χ0n) is 14.0. The van der Waals surface area contributed by atoms with Crippen LogP contribution in [0.5, 0.6) is 11.5 Å². The molecule has 8 heteroatoms. The van der Waals surface area contributed by atoms with Crippen molar-refractivity contribution in [1.29, 1.82) is 0 Å². The summed E-state index contributed by atoms with van der Waals surface area (Å²) >= 11 is 0. The topological polar surface area (TPSA) is 100 Å². The number of benzene rings is 1. The number of carbonyl (C=O) groups is 2. The molecular weight excluding hydrogens is 316 g/mol. The van der Waals surface area contributed by atoms with Crippen molar-refractivity contribution in [3.63, 3.8) is 0 Å². The van der Waals surface area contributed by atoms with Crippen LogP contribution in [0, 0.1) is 0 Å². The van der Waals surface area contributed by atoms with Gasteiger partial charge in [-0.15, -0.1) is 0 Å².